The number of hydrogen-bond acceptors (Lipinski definition) is 5. The maximum absolute atomic E-state index is 5.47. The zero-order valence-corrected chi connectivity index (χ0v) is 20.6. The molecule has 4 rings (SSSR count). The summed E-state index contributed by atoms with van der Waals surface area (Å²) in [7, 11) is 1.79. The zero-order valence-electron chi connectivity index (χ0n) is 18.3. The molecule has 0 radical (unpaired) electrons. The van der Waals surface area contributed by atoms with Crippen LogP contribution in [0.15, 0.2) is 66.0 Å². The first-order chi connectivity index (χ1) is 15.3. The van der Waals surface area contributed by atoms with Crippen molar-refractivity contribution in [2.45, 2.75) is 19.6 Å². The van der Waals surface area contributed by atoms with Gasteiger partial charge in [-0.3, -0.25) is 9.67 Å². The summed E-state index contributed by atoms with van der Waals surface area (Å²) in [5.41, 5.74) is 3.60. The molecule has 8 nitrogen and oxygen atoms in total. The first-order valence-electron chi connectivity index (χ1n) is 10.6. The van der Waals surface area contributed by atoms with Gasteiger partial charge in [0.15, 0.2) is 5.96 Å². The van der Waals surface area contributed by atoms with Gasteiger partial charge in [-0.25, -0.2) is 4.98 Å². The van der Waals surface area contributed by atoms with Crippen molar-refractivity contribution < 1.29 is 4.74 Å². The maximum Gasteiger partial charge on any atom is 0.191 e. The van der Waals surface area contributed by atoms with E-state index in [-0.39, 0.29) is 24.0 Å². The number of halogens is 1. The molecule has 1 saturated heterocycles. The number of ether oxygens (including phenoxy) is 1. The molecule has 0 spiro atoms. The summed E-state index contributed by atoms with van der Waals surface area (Å²) in [6.07, 6.45) is 5.62. The number of nitrogens with zero attached hydrogens (tertiary/aromatic N) is 5. The Kier molecular flexibility index (Phi) is 9.29. The van der Waals surface area contributed by atoms with Crippen LogP contribution in [0.5, 0.6) is 0 Å². The highest BCUT2D eigenvalue weighted by Crippen LogP contribution is 2.18. The zero-order chi connectivity index (χ0) is 21.3. The number of morpholine rings is 1. The van der Waals surface area contributed by atoms with E-state index in [4.69, 9.17) is 4.74 Å². The van der Waals surface area contributed by atoms with Gasteiger partial charge in [0.05, 0.1) is 19.8 Å². The van der Waals surface area contributed by atoms with Crippen LogP contribution in [0.1, 0.15) is 16.7 Å². The minimum atomic E-state index is 0. The third-order valence-electron chi connectivity index (χ3n) is 5.30. The number of rotatable bonds is 7. The molecule has 2 N–H and O–H groups in total. The summed E-state index contributed by atoms with van der Waals surface area (Å²) >= 11 is 0. The lowest BCUT2D eigenvalue weighted by Crippen LogP contribution is -2.39. The molecule has 0 amide bonds. The molecular formula is C23H30IN7O. The van der Waals surface area contributed by atoms with E-state index in [0.717, 1.165) is 50.2 Å². The first kappa shape index (κ1) is 24.0. The number of anilines is 1. The molecule has 1 aliphatic heterocycles. The van der Waals surface area contributed by atoms with E-state index in [2.05, 4.69) is 60.9 Å². The van der Waals surface area contributed by atoms with E-state index in [1.165, 1.54) is 11.1 Å². The summed E-state index contributed by atoms with van der Waals surface area (Å²) in [5, 5.41) is 11.2. The van der Waals surface area contributed by atoms with Crippen molar-refractivity contribution in [3.8, 4) is 0 Å². The van der Waals surface area contributed by atoms with Gasteiger partial charge in [0, 0.05) is 57.4 Å². The van der Waals surface area contributed by atoms with E-state index >= 15 is 0 Å². The smallest absolute Gasteiger partial charge is 0.191 e. The highest BCUT2D eigenvalue weighted by Gasteiger charge is 2.16. The van der Waals surface area contributed by atoms with Gasteiger partial charge in [-0.2, -0.15) is 5.10 Å². The Morgan fingerprint density at radius 2 is 1.69 bits per heavy atom. The molecule has 0 unspecified atom stereocenters. The van der Waals surface area contributed by atoms with Crippen LogP contribution in [0.25, 0.3) is 0 Å². The molecule has 3 heterocycles. The van der Waals surface area contributed by atoms with Crippen LogP contribution in [0.3, 0.4) is 0 Å². The predicted octanol–water partition coefficient (Wildman–Crippen LogP) is 2.65. The van der Waals surface area contributed by atoms with Crippen molar-refractivity contribution in [2.75, 3.05) is 38.3 Å². The first-order valence-corrected chi connectivity index (χ1v) is 10.6. The van der Waals surface area contributed by atoms with Gasteiger partial charge in [0.1, 0.15) is 5.82 Å². The minimum absolute atomic E-state index is 0. The number of guanidine groups is 1. The second-order valence-electron chi connectivity index (χ2n) is 7.34. The molecule has 170 valence electrons. The van der Waals surface area contributed by atoms with E-state index in [1.807, 2.05) is 29.2 Å². The van der Waals surface area contributed by atoms with Crippen molar-refractivity contribution in [1.82, 2.24) is 25.4 Å². The number of hydrogen-bond donors (Lipinski definition) is 2. The van der Waals surface area contributed by atoms with Crippen molar-refractivity contribution in [2.24, 2.45) is 4.99 Å². The molecule has 3 aromatic rings. The number of pyridine rings is 1. The van der Waals surface area contributed by atoms with Crippen molar-refractivity contribution in [1.29, 1.82) is 0 Å². The number of nitrogens with one attached hydrogen (secondary N) is 2. The van der Waals surface area contributed by atoms with Crippen molar-refractivity contribution >= 4 is 35.8 Å². The topological polar surface area (TPSA) is 79.6 Å². The Hall–Kier alpha value is -2.66. The molecular weight excluding hydrogens is 517 g/mol. The molecule has 9 heteroatoms. The summed E-state index contributed by atoms with van der Waals surface area (Å²) in [6, 6.07) is 14.4. The fraction of sp³-hybridized carbons (Fsp3) is 0.348. The largest absolute Gasteiger partial charge is 0.378 e. The second kappa shape index (κ2) is 12.4. The van der Waals surface area contributed by atoms with E-state index in [0.29, 0.717) is 13.1 Å². The van der Waals surface area contributed by atoms with Gasteiger partial charge < -0.3 is 20.3 Å². The van der Waals surface area contributed by atoms with Crippen molar-refractivity contribution in [3.05, 3.63) is 77.7 Å². The lowest BCUT2D eigenvalue weighted by molar-refractivity contribution is 0.122. The maximum atomic E-state index is 5.47. The van der Waals surface area contributed by atoms with E-state index in [9.17, 15) is 0 Å². The molecule has 0 atom stereocenters. The van der Waals surface area contributed by atoms with Crippen LogP contribution in [0, 0.1) is 0 Å². The predicted molar refractivity (Wildman–Crippen MR) is 137 cm³/mol. The molecule has 0 aliphatic carbocycles. The van der Waals surface area contributed by atoms with Crippen molar-refractivity contribution in [3.63, 3.8) is 0 Å². The van der Waals surface area contributed by atoms with Gasteiger partial charge in [0.2, 0.25) is 0 Å². The SMILES string of the molecule is CN=C(NCc1ccccc1Cn1cccn1)NCc1cccnc1N1CCOCC1.I. The average molecular weight is 547 g/mol. The van der Waals surface area contributed by atoms with E-state index < -0.39 is 0 Å². The average Bonchev–Trinajstić information content (AvgIpc) is 3.34. The van der Waals surface area contributed by atoms with Crippen LogP contribution >= 0.6 is 24.0 Å². The monoisotopic (exact) mass is 547 g/mol. The Labute approximate surface area is 206 Å². The Balaban J connectivity index is 0.00000289. The number of benzene rings is 1. The lowest BCUT2D eigenvalue weighted by atomic mass is 10.1. The molecule has 1 fully saturated rings. The summed E-state index contributed by atoms with van der Waals surface area (Å²) in [4.78, 5) is 11.3. The number of aliphatic imine (C=N–C) groups is 1. The normalized spacial score (nSPS) is 14.0. The quantitative estimate of drug-likeness (QED) is 0.269. The summed E-state index contributed by atoms with van der Waals surface area (Å²) in [5.74, 6) is 1.77. The fourth-order valence-electron chi connectivity index (χ4n) is 3.66. The molecule has 32 heavy (non-hydrogen) atoms. The summed E-state index contributed by atoms with van der Waals surface area (Å²) in [6.45, 7) is 5.29. The lowest BCUT2D eigenvalue weighted by Gasteiger charge is -2.29. The van der Waals surface area contributed by atoms with Crippen LogP contribution < -0.4 is 15.5 Å². The van der Waals surface area contributed by atoms with Crippen LogP contribution in [0.2, 0.25) is 0 Å². The molecule has 0 bridgehead atoms. The van der Waals surface area contributed by atoms with Crippen LogP contribution in [0.4, 0.5) is 5.82 Å². The van der Waals surface area contributed by atoms with Crippen LogP contribution in [-0.4, -0.2) is 54.1 Å². The highest BCUT2D eigenvalue weighted by atomic mass is 127. The second-order valence-corrected chi connectivity index (χ2v) is 7.34. The van der Waals surface area contributed by atoms with Crippen LogP contribution in [-0.2, 0) is 24.4 Å². The number of aromatic nitrogens is 3. The molecule has 0 saturated carbocycles. The fourth-order valence-corrected chi connectivity index (χ4v) is 3.66. The van der Waals surface area contributed by atoms with Gasteiger partial charge >= 0.3 is 0 Å². The summed E-state index contributed by atoms with van der Waals surface area (Å²) < 4.78 is 7.41. The third-order valence-corrected chi connectivity index (χ3v) is 5.30. The Bertz CT molecular complexity index is 988. The minimum Gasteiger partial charge on any atom is -0.378 e. The molecule has 1 aromatic carbocycles. The van der Waals surface area contributed by atoms with Gasteiger partial charge in [0.25, 0.3) is 0 Å². The molecule has 1 aliphatic rings. The highest BCUT2D eigenvalue weighted by molar-refractivity contribution is 14.0. The Morgan fingerprint density at radius 3 is 2.41 bits per heavy atom. The van der Waals surface area contributed by atoms with Gasteiger partial charge in [-0.15, -0.1) is 24.0 Å². The third kappa shape index (κ3) is 6.42. The Morgan fingerprint density at radius 1 is 0.969 bits per heavy atom. The van der Waals surface area contributed by atoms with Gasteiger partial charge in [-0.05, 0) is 23.3 Å². The standard InChI is InChI=1S/C23H29N7O.HI/c1-24-23(26-16-19-6-2-3-7-21(19)18-30-11-5-10-28-30)27-17-20-8-4-9-25-22(20)29-12-14-31-15-13-29;/h2-11H,12-18H2,1H3,(H2,24,26,27);1H. The van der Waals surface area contributed by atoms with Gasteiger partial charge in [-0.1, -0.05) is 30.3 Å². The molecule has 2 aromatic heterocycles. The van der Waals surface area contributed by atoms with E-state index in [1.54, 1.807) is 13.2 Å².